The van der Waals surface area contributed by atoms with Crippen molar-refractivity contribution in [1.82, 2.24) is 14.6 Å². The Hall–Kier alpha value is -2.92. The van der Waals surface area contributed by atoms with Gasteiger partial charge in [-0.05, 0) is 36.0 Å². The predicted octanol–water partition coefficient (Wildman–Crippen LogP) is 5.68. The van der Waals surface area contributed by atoms with E-state index in [1.807, 2.05) is 48.7 Å². The molecule has 1 saturated carbocycles. The smallest absolute Gasteiger partial charge is 0.162 e. The van der Waals surface area contributed by atoms with Gasteiger partial charge in [0.05, 0.1) is 6.20 Å². The number of anilines is 1. The molecule has 0 unspecified atom stereocenters. The fourth-order valence-electron chi connectivity index (χ4n) is 3.45. The summed E-state index contributed by atoms with van der Waals surface area (Å²) < 4.78 is 16.4. The van der Waals surface area contributed by atoms with E-state index in [-0.39, 0.29) is 5.82 Å². The molecule has 2 aromatic heterocycles. The molecular formula is C22H18ClFN4. The molecule has 4 aromatic rings. The van der Waals surface area contributed by atoms with E-state index in [1.165, 1.54) is 0 Å². The van der Waals surface area contributed by atoms with Crippen molar-refractivity contribution in [2.45, 2.75) is 25.3 Å². The molecule has 0 aliphatic heterocycles. The van der Waals surface area contributed by atoms with Gasteiger partial charge in [0.15, 0.2) is 5.65 Å². The summed E-state index contributed by atoms with van der Waals surface area (Å²) in [6.07, 6.45) is 4.19. The van der Waals surface area contributed by atoms with Crippen molar-refractivity contribution in [2.24, 2.45) is 0 Å². The first-order chi connectivity index (χ1) is 13.7. The molecule has 5 rings (SSSR count). The van der Waals surface area contributed by atoms with Crippen molar-refractivity contribution >= 4 is 23.1 Å². The van der Waals surface area contributed by atoms with E-state index in [1.54, 1.807) is 16.6 Å². The van der Waals surface area contributed by atoms with Gasteiger partial charge in [0.25, 0.3) is 0 Å². The van der Waals surface area contributed by atoms with Gasteiger partial charge in [-0.3, -0.25) is 0 Å². The third-order valence-corrected chi connectivity index (χ3v) is 5.30. The molecule has 6 heteroatoms. The molecule has 0 radical (unpaired) electrons. The van der Waals surface area contributed by atoms with E-state index in [9.17, 15) is 4.39 Å². The highest BCUT2D eigenvalue weighted by Gasteiger charge is 2.28. The Balaban J connectivity index is 1.41. The second-order valence-corrected chi connectivity index (χ2v) is 7.49. The van der Waals surface area contributed by atoms with Crippen molar-refractivity contribution in [1.29, 1.82) is 0 Å². The fourth-order valence-corrected chi connectivity index (χ4v) is 3.63. The Labute approximate surface area is 167 Å². The topological polar surface area (TPSA) is 42.2 Å². The number of benzene rings is 2. The first kappa shape index (κ1) is 17.2. The van der Waals surface area contributed by atoms with Gasteiger partial charge in [-0.1, -0.05) is 54.1 Å². The van der Waals surface area contributed by atoms with Crippen LogP contribution >= 0.6 is 11.6 Å². The number of halogens is 2. The number of hydrogen-bond donors (Lipinski definition) is 1. The number of hydrogen-bond acceptors (Lipinski definition) is 3. The Morgan fingerprint density at radius 2 is 1.89 bits per heavy atom. The van der Waals surface area contributed by atoms with E-state index in [0.29, 0.717) is 29.0 Å². The second-order valence-electron chi connectivity index (χ2n) is 7.10. The maximum absolute atomic E-state index is 14.6. The third-order valence-electron chi connectivity index (χ3n) is 5.11. The van der Waals surface area contributed by atoms with Crippen LogP contribution in [0.1, 0.15) is 29.9 Å². The van der Waals surface area contributed by atoms with Crippen LogP contribution in [-0.2, 0) is 6.54 Å². The molecular weight excluding hydrogens is 375 g/mol. The summed E-state index contributed by atoms with van der Waals surface area (Å²) in [6, 6.07) is 16.8. The van der Waals surface area contributed by atoms with Crippen LogP contribution in [-0.4, -0.2) is 14.6 Å². The Bertz CT molecular complexity index is 1150. The zero-order chi connectivity index (χ0) is 19.1. The monoisotopic (exact) mass is 392 g/mol. The largest absolute Gasteiger partial charge is 0.366 e. The molecule has 0 atom stereocenters. The Morgan fingerprint density at radius 1 is 1.07 bits per heavy atom. The molecule has 1 aliphatic carbocycles. The average Bonchev–Trinajstić information content (AvgIpc) is 3.47. The van der Waals surface area contributed by atoms with Crippen LogP contribution in [0.25, 0.3) is 16.8 Å². The summed E-state index contributed by atoms with van der Waals surface area (Å²) in [5.41, 5.74) is 4.33. The first-order valence-corrected chi connectivity index (χ1v) is 9.69. The highest BCUT2D eigenvalue weighted by molar-refractivity contribution is 6.29. The average molecular weight is 393 g/mol. The lowest BCUT2D eigenvalue weighted by atomic mass is 10.0. The molecule has 0 amide bonds. The lowest BCUT2D eigenvalue weighted by Crippen LogP contribution is -2.07. The van der Waals surface area contributed by atoms with Crippen molar-refractivity contribution in [3.8, 4) is 11.1 Å². The van der Waals surface area contributed by atoms with Gasteiger partial charge in [-0.25, -0.2) is 9.37 Å². The summed E-state index contributed by atoms with van der Waals surface area (Å²) in [5.74, 6) is 0.983. The highest BCUT2D eigenvalue weighted by atomic mass is 35.5. The van der Waals surface area contributed by atoms with E-state index in [2.05, 4.69) is 15.4 Å². The molecule has 1 aliphatic rings. The first-order valence-electron chi connectivity index (χ1n) is 9.31. The quantitative estimate of drug-likeness (QED) is 0.444. The Morgan fingerprint density at radius 3 is 2.64 bits per heavy atom. The third kappa shape index (κ3) is 3.22. The van der Waals surface area contributed by atoms with E-state index < -0.39 is 0 Å². The second kappa shape index (κ2) is 6.91. The van der Waals surface area contributed by atoms with Crippen molar-refractivity contribution in [3.05, 3.63) is 82.9 Å². The summed E-state index contributed by atoms with van der Waals surface area (Å²) in [7, 11) is 0. The fraction of sp³-hybridized carbons (Fsp3) is 0.182. The minimum atomic E-state index is -0.246. The predicted molar refractivity (Wildman–Crippen MR) is 109 cm³/mol. The number of nitrogens with zero attached hydrogens (tertiary/aromatic N) is 3. The number of aromatic nitrogens is 3. The minimum Gasteiger partial charge on any atom is -0.366 e. The lowest BCUT2D eigenvalue weighted by Gasteiger charge is -2.11. The van der Waals surface area contributed by atoms with Crippen LogP contribution in [0.2, 0.25) is 5.15 Å². The molecule has 28 heavy (non-hydrogen) atoms. The van der Waals surface area contributed by atoms with Gasteiger partial charge in [0.1, 0.15) is 16.8 Å². The van der Waals surface area contributed by atoms with Crippen LogP contribution in [0.4, 0.5) is 10.2 Å². The van der Waals surface area contributed by atoms with Crippen molar-refractivity contribution in [3.63, 3.8) is 0 Å². The molecule has 1 fully saturated rings. The van der Waals surface area contributed by atoms with Gasteiger partial charge in [-0.2, -0.15) is 9.61 Å². The minimum absolute atomic E-state index is 0.246. The summed E-state index contributed by atoms with van der Waals surface area (Å²) in [6.45, 7) is 0.328. The van der Waals surface area contributed by atoms with Crippen LogP contribution < -0.4 is 5.32 Å². The molecule has 2 heterocycles. The molecule has 0 spiro atoms. The molecule has 2 aromatic carbocycles. The van der Waals surface area contributed by atoms with Gasteiger partial charge in [0.2, 0.25) is 0 Å². The zero-order valence-electron chi connectivity index (χ0n) is 15.1. The molecule has 4 nitrogen and oxygen atoms in total. The summed E-state index contributed by atoms with van der Waals surface area (Å²) >= 11 is 6.21. The van der Waals surface area contributed by atoms with Gasteiger partial charge in [0, 0.05) is 23.7 Å². The summed E-state index contributed by atoms with van der Waals surface area (Å²) in [4.78, 5) is 4.43. The van der Waals surface area contributed by atoms with Crippen molar-refractivity contribution in [2.75, 3.05) is 5.32 Å². The number of nitrogens with one attached hydrogen (secondary N) is 1. The molecule has 0 bridgehead atoms. The standard InChI is InChI=1S/C22H18ClFN4/c23-20-11-21(28-22(27-20)18(13-26-28)15-6-7-15)25-12-17-9-8-16(10-19(17)24)14-4-2-1-3-5-14/h1-5,8-11,13,15,25H,6-7,12H2. The van der Waals surface area contributed by atoms with E-state index >= 15 is 0 Å². The molecule has 1 N–H and O–H groups in total. The maximum atomic E-state index is 14.6. The normalized spacial score (nSPS) is 13.8. The van der Waals surface area contributed by atoms with E-state index in [0.717, 1.165) is 35.2 Å². The zero-order valence-corrected chi connectivity index (χ0v) is 15.8. The Kier molecular flexibility index (Phi) is 4.24. The highest BCUT2D eigenvalue weighted by Crippen LogP contribution is 2.42. The van der Waals surface area contributed by atoms with Gasteiger partial charge >= 0.3 is 0 Å². The SMILES string of the molecule is Fc1cc(-c2ccccc2)ccc1CNc1cc(Cl)nc2c(C3CC3)cnn12. The van der Waals surface area contributed by atoms with Gasteiger partial charge in [-0.15, -0.1) is 0 Å². The summed E-state index contributed by atoms with van der Waals surface area (Å²) in [5, 5.41) is 8.10. The lowest BCUT2D eigenvalue weighted by molar-refractivity contribution is 0.613. The van der Waals surface area contributed by atoms with Gasteiger partial charge < -0.3 is 5.32 Å². The molecule has 140 valence electrons. The molecule has 0 saturated heterocycles. The van der Waals surface area contributed by atoms with Crippen LogP contribution in [0, 0.1) is 5.82 Å². The van der Waals surface area contributed by atoms with Crippen LogP contribution in [0.15, 0.2) is 60.8 Å². The van der Waals surface area contributed by atoms with Crippen LogP contribution in [0.5, 0.6) is 0 Å². The van der Waals surface area contributed by atoms with Crippen LogP contribution in [0.3, 0.4) is 0 Å². The van der Waals surface area contributed by atoms with E-state index in [4.69, 9.17) is 11.6 Å². The maximum Gasteiger partial charge on any atom is 0.162 e. The number of fused-ring (bicyclic) bond motifs is 1. The number of rotatable bonds is 5. The van der Waals surface area contributed by atoms with Crippen molar-refractivity contribution < 1.29 is 4.39 Å².